The molecule has 4 nitrogen and oxygen atoms in total. The fourth-order valence-corrected chi connectivity index (χ4v) is 2.54. The van der Waals surface area contributed by atoms with Crippen LogP contribution >= 0.6 is 0 Å². The van der Waals surface area contributed by atoms with Gasteiger partial charge in [0.2, 0.25) is 0 Å². The Balaban J connectivity index is 2.23. The molecule has 2 N–H and O–H groups in total. The molecular formula is C13H19F3N4. The number of hydrogen-bond acceptors (Lipinski definition) is 4. The van der Waals surface area contributed by atoms with Gasteiger partial charge in [0.15, 0.2) is 0 Å². The smallest absolute Gasteiger partial charge is 0.384 e. The van der Waals surface area contributed by atoms with Crippen molar-refractivity contribution >= 4 is 11.6 Å². The highest BCUT2D eigenvalue weighted by Crippen LogP contribution is 2.32. The molecule has 1 aromatic rings. The predicted octanol–water partition coefficient (Wildman–Crippen LogP) is 2.21. The van der Waals surface area contributed by atoms with Gasteiger partial charge in [-0.3, -0.25) is 4.90 Å². The Morgan fingerprint density at radius 3 is 2.60 bits per heavy atom. The van der Waals surface area contributed by atoms with E-state index in [2.05, 4.69) is 23.7 Å². The Morgan fingerprint density at radius 2 is 2.05 bits per heavy atom. The van der Waals surface area contributed by atoms with Gasteiger partial charge in [0, 0.05) is 25.7 Å². The minimum atomic E-state index is -4.40. The van der Waals surface area contributed by atoms with Crippen molar-refractivity contribution in [3.63, 3.8) is 0 Å². The second-order valence-corrected chi connectivity index (χ2v) is 5.06. The summed E-state index contributed by atoms with van der Waals surface area (Å²) in [5.41, 5.74) is 4.76. The Labute approximate surface area is 116 Å². The third-order valence-corrected chi connectivity index (χ3v) is 3.65. The molecule has 0 aliphatic carbocycles. The summed E-state index contributed by atoms with van der Waals surface area (Å²) in [6.45, 7) is 7.20. The number of piperazine rings is 1. The molecule has 112 valence electrons. The zero-order valence-electron chi connectivity index (χ0n) is 11.6. The number of likely N-dealkylation sites (N-methyl/N-ethyl adjacent to an activating group) is 1. The SMILES string of the molecule is CCN1CCN(c2cc(C(F)(F)F)cc(N)n2)CC1C. The molecular weight excluding hydrogens is 269 g/mol. The van der Waals surface area contributed by atoms with Crippen molar-refractivity contribution in [2.75, 3.05) is 36.8 Å². The fourth-order valence-electron chi connectivity index (χ4n) is 2.54. The molecule has 0 spiro atoms. The summed E-state index contributed by atoms with van der Waals surface area (Å²) < 4.78 is 38.4. The van der Waals surface area contributed by atoms with E-state index in [-0.39, 0.29) is 11.9 Å². The third kappa shape index (κ3) is 3.15. The fraction of sp³-hybridized carbons (Fsp3) is 0.615. The highest BCUT2D eigenvalue weighted by molar-refractivity contribution is 5.49. The second kappa shape index (κ2) is 5.47. The Morgan fingerprint density at radius 1 is 1.35 bits per heavy atom. The largest absolute Gasteiger partial charge is 0.416 e. The summed E-state index contributed by atoms with van der Waals surface area (Å²) in [6, 6.07) is 2.23. The molecule has 2 heterocycles. The molecule has 0 aromatic carbocycles. The van der Waals surface area contributed by atoms with Crippen LogP contribution in [0.3, 0.4) is 0 Å². The average Bonchev–Trinajstić information content (AvgIpc) is 2.37. The molecule has 0 radical (unpaired) electrons. The molecule has 0 bridgehead atoms. The van der Waals surface area contributed by atoms with Crippen molar-refractivity contribution in [3.8, 4) is 0 Å². The summed E-state index contributed by atoms with van der Waals surface area (Å²) in [5, 5.41) is 0. The van der Waals surface area contributed by atoms with E-state index in [1.807, 2.05) is 4.90 Å². The number of pyridine rings is 1. The first-order valence-corrected chi connectivity index (χ1v) is 6.65. The van der Waals surface area contributed by atoms with Crippen molar-refractivity contribution in [3.05, 3.63) is 17.7 Å². The van der Waals surface area contributed by atoms with Crippen LogP contribution in [0, 0.1) is 0 Å². The maximum Gasteiger partial charge on any atom is 0.416 e. The molecule has 0 saturated carbocycles. The Kier molecular flexibility index (Phi) is 4.08. The summed E-state index contributed by atoms with van der Waals surface area (Å²) in [7, 11) is 0. The maximum absolute atomic E-state index is 12.8. The van der Waals surface area contributed by atoms with Gasteiger partial charge in [-0.2, -0.15) is 13.2 Å². The Hall–Kier alpha value is -1.50. The van der Waals surface area contributed by atoms with Crippen LogP contribution in [0.2, 0.25) is 0 Å². The van der Waals surface area contributed by atoms with E-state index < -0.39 is 11.7 Å². The topological polar surface area (TPSA) is 45.4 Å². The van der Waals surface area contributed by atoms with Gasteiger partial charge in [-0.05, 0) is 25.6 Å². The lowest BCUT2D eigenvalue weighted by atomic mass is 10.1. The molecule has 1 unspecified atom stereocenters. The number of halogens is 3. The van der Waals surface area contributed by atoms with Gasteiger partial charge in [-0.1, -0.05) is 6.92 Å². The van der Waals surface area contributed by atoms with Gasteiger partial charge in [-0.25, -0.2) is 4.98 Å². The molecule has 1 atom stereocenters. The lowest BCUT2D eigenvalue weighted by Crippen LogP contribution is -2.52. The zero-order valence-corrected chi connectivity index (χ0v) is 11.6. The summed E-state index contributed by atoms with van der Waals surface area (Å²) in [5.74, 6) is 0.209. The van der Waals surface area contributed by atoms with Crippen molar-refractivity contribution < 1.29 is 13.2 Å². The van der Waals surface area contributed by atoms with Crippen LogP contribution in [0.25, 0.3) is 0 Å². The molecule has 1 saturated heterocycles. The van der Waals surface area contributed by atoms with Gasteiger partial charge < -0.3 is 10.6 Å². The molecule has 1 aliphatic rings. The van der Waals surface area contributed by atoms with Crippen LogP contribution in [0.4, 0.5) is 24.8 Å². The van der Waals surface area contributed by atoms with Gasteiger partial charge in [0.1, 0.15) is 11.6 Å². The number of hydrogen-bond donors (Lipinski definition) is 1. The first-order valence-electron chi connectivity index (χ1n) is 6.65. The number of nitrogen functional groups attached to an aromatic ring is 1. The minimum Gasteiger partial charge on any atom is -0.384 e. The van der Waals surface area contributed by atoms with Crippen molar-refractivity contribution in [2.45, 2.75) is 26.1 Å². The van der Waals surface area contributed by atoms with Crippen LogP contribution in [0.1, 0.15) is 19.4 Å². The summed E-state index contributed by atoms with van der Waals surface area (Å²) in [4.78, 5) is 8.19. The second-order valence-electron chi connectivity index (χ2n) is 5.06. The van der Waals surface area contributed by atoms with Gasteiger partial charge in [0.05, 0.1) is 5.56 Å². The zero-order chi connectivity index (χ0) is 14.9. The number of anilines is 2. The van der Waals surface area contributed by atoms with E-state index in [4.69, 9.17) is 5.73 Å². The van der Waals surface area contributed by atoms with Gasteiger partial charge in [0.25, 0.3) is 0 Å². The number of aromatic nitrogens is 1. The van der Waals surface area contributed by atoms with Crippen LogP contribution < -0.4 is 10.6 Å². The highest BCUT2D eigenvalue weighted by atomic mass is 19.4. The third-order valence-electron chi connectivity index (χ3n) is 3.65. The van der Waals surface area contributed by atoms with Crippen LogP contribution in [-0.4, -0.2) is 42.1 Å². The lowest BCUT2D eigenvalue weighted by Gasteiger charge is -2.40. The lowest BCUT2D eigenvalue weighted by molar-refractivity contribution is -0.137. The van der Waals surface area contributed by atoms with E-state index in [0.29, 0.717) is 18.9 Å². The van der Waals surface area contributed by atoms with E-state index in [9.17, 15) is 13.2 Å². The number of nitrogens with two attached hydrogens (primary N) is 1. The van der Waals surface area contributed by atoms with Crippen molar-refractivity contribution in [1.82, 2.24) is 9.88 Å². The van der Waals surface area contributed by atoms with Crippen molar-refractivity contribution in [2.24, 2.45) is 0 Å². The monoisotopic (exact) mass is 288 g/mol. The van der Waals surface area contributed by atoms with E-state index >= 15 is 0 Å². The quantitative estimate of drug-likeness (QED) is 0.906. The number of alkyl halides is 3. The molecule has 2 rings (SSSR count). The molecule has 0 amide bonds. The molecule has 1 fully saturated rings. The molecule has 1 aromatic heterocycles. The normalized spacial score (nSPS) is 21.2. The standard InChI is InChI=1S/C13H19F3N4/c1-3-19-4-5-20(8-9(19)2)12-7-10(13(14,15)16)6-11(17)18-12/h6-7,9H,3-5,8H2,1-2H3,(H2,17,18). The number of rotatable bonds is 2. The van der Waals surface area contributed by atoms with Crippen LogP contribution in [0.5, 0.6) is 0 Å². The first-order chi connectivity index (χ1) is 9.31. The first kappa shape index (κ1) is 14.9. The van der Waals surface area contributed by atoms with Crippen molar-refractivity contribution in [1.29, 1.82) is 0 Å². The average molecular weight is 288 g/mol. The predicted molar refractivity (Wildman–Crippen MR) is 72.6 cm³/mol. The van der Waals surface area contributed by atoms with Gasteiger partial charge >= 0.3 is 6.18 Å². The summed E-state index contributed by atoms with van der Waals surface area (Å²) >= 11 is 0. The van der Waals surface area contributed by atoms with E-state index in [1.54, 1.807) is 0 Å². The molecule has 7 heteroatoms. The van der Waals surface area contributed by atoms with Crippen LogP contribution in [0.15, 0.2) is 12.1 Å². The van der Waals surface area contributed by atoms with Gasteiger partial charge in [-0.15, -0.1) is 0 Å². The maximum atomic E-state index is 12.8. The van der Waals surface area contributed by atoms with E-state index in [1.165, 1.54) is 0 Å². The molecule has 1 aliphatic heterocycles. The highest BCUT2D eigenvalue weighted by Gasteiger charge is 2.32. The summed E-state index contributed by atoms with van der Waals surface area (Å²) in [6.07, 6.45) is -4.40. The Bertz CT molecular complexity index is 475. The van der Waals surface area contributed by atoms with Crippen LogP contribution in [-0.2, 0) is 6.18 Å². The minimum absolute atomic E-state index is 0.0969. The molecule has 20 heavy (non-hydrogen) atoms. The van der Waals surface area contributed by atoms with E-state index in [0.717, 1.165) is 25.2 Å². The number of nitrogens with zero attached hydrogens (tertiary/aromatic N) is 3.